The number of aromatic nitrogens is 2. The molecule has 3 N–H and O–H groups in total. The molecule has 0 aromatic carbocycles. The van der Waals surface area contributed by atoms with Crippen LogP contribution in [0.15, 0.2) is 0 Å². The van der Waals surface area contributed by atoms with Crippen LogP contribution in [-0.4, -0.2) is 54.8 Å². The lowest BCUT2D eigenvalue weighted by molar-refractivity contribution is -0.0227. The van der Waals surface area contributed by atoms with Crippen LogP contribution in [-0.2, 0) is 11.2 Å². The lowest BCUT2D eigenvalue weighted by Gasteiger charge is -2.37. The van der Waals surface area contributed by atoms with Gasteiger partial charge in [0.2, 0.25) is 0 Å². The Morgan fingerprint density at radius 3 is 2.75 bits per heavy atom. The number of carbonyl (C=O) groups excluding carboxylic acids is 1. The molecular weight excluding hydrogens is 306 g/mol. The van der Waals surface area contributed by atoms with Gasteiger partial charge in [0.15, 0.2) is 0 Å². The van der Waals surface area contributed by atoms with E-state index in [4.69, 9.17) is 9.72 Å². The molecule has 2 fully saturated rings. The summed E-state index contributed by atoms with van der Waals surface area (Å²) in [7, 11) is 1.78. The van der Waals surface area contributed by atoms with Gasteiger partial charge in [-0.25, -0.2) is 9.97 Å². The Bertz CT molecular complexity index is 638. The zero-order valence-electron chi connectivity index (χ0n) is 14.2. The van der Waals surface area contributed by atoms with Gasteiger partial charge in [0.05, 0.1) is 5.60 Å². The zero-order valence-corrected chi connectivity index (χ0v) is 14.2. The van der Waals surface area contributed by atoms with Crippen molar-refractivity contribution in [2.24, 2.45) is 0 Å². The van der Waals surface area contributed by atoms with E-state index < -0.39 is 0 Å². The van der Waals surface area contributed by atoms with E-state index in [9.17, 15) is 4.79 Å². The molecule has 0 unspecified atom stereocenters. The molecule has 1 aromatic rings. The van der Waals surface area contributed by atoms with E-state index in [0.717, 1.165) is 62.4 Å². The lowest BCUT2D eigenvalue weighted by atomic mass is 9.92. The number of methoxy groups -OCH3 is 1. The molecular formula is C17H25N5O2. The summed E-state index contributed by atoms with van der Waals surface area (Å²) in [5.74, 6) is 1.98. The third-order valence-corrected chi connectivity index (χ3v) is 5.37. The number of hydrogen-bond donors (Lipinski definition) is 3. The molecule has 1 saturated heterocycles. The van der Waals surface area contributed by atoms with E-state index in [2.05, 4.69) is 20.9 Å². The number of fused-ring (bicyclic) bond motifs is 1. The summed E-state index contributed by atoms with van der Waals surface area (Å²) in [4.78, 5) is 21.5. The van der Waals surface area contributed by atoms with E-state index in [1.807, 2.05) is 0 Å². The van der Waals surface area contributed by atoms with Crippen molar-refractivity contribution in [3.8, 4) is 0 Å². The average molecular weight is 331 g/mol. The summed E-state index contributed by atoms with van der Waals surface area (Å²) in [6, 6.07) is 0. The number of piperidine rings is 1. The Morgan fingerprint density at radius 1 is 1.25 bits per heavy atom. The van der Waals surface area contributed by atoms with E-state index in [1.54, 1.807) is 7.11 Å². The zero-order chi connectivity index (χ0) is 16.6. The van der Waals surface area contributed by atoms with Crippen LogP contribution in [0.5, 0.6) is 0 Å². The smallest absolute Gasteiger partial charge is 0.270 e. The van der Waals surface area contributed by atoms with Crippen molar-refractivity contribution in [3.05, 3.63) is 17.1 Å². The second-order valence-electron chi connectivity index (χ2n) is 7.03. The SMILES string of the molecule is COC1(CNc2nc(C3CC3)nc3c2CCNC3=O)CCNCC1. The van der Waals surface area contributed by atoms with Gasteiger partial charge in [0.1, 0.15) is 17.3 Å². The highest BCUT2D eigenvalue weighted by Crippen LogP contribution is 2.39. The predicted octanol–water partition coefficient (Wildman–Crippen LogP) is 0.820. The minimum atomic E-state index is -0.167. The summed E-state index contributed by atoms with van der Waals surface area (Å²) in [5.41, 5.74) is 1.33. The maximum Gasteiger partial charge on any atom is 0.270 e. The highest BCUT2D eigenvalue weighted by atomic mass is 16.5. The van der Waals surface area contributed by atoms with E-state index >= 15 is 0 Å². The molecule has 4 rings (SSSR count). The third-order valence-electron chi connectivity index (χ3n) is 5.37. The molecule has 24 heavy (non-hydrogen) atoms. The first-order valence-electron chi connectivity index (χ1n) is 8.89. The number of amides is 1. The molecule has 7 heteroatoms. The van der Waals surface area contributed by atoms with Crippen molar-refractivity contribution in [1.29, 1.82) is 0 Å². The van der Waals surface area contributed by atoms with Crippen LogP contribution in [0.3, 0.4) is 0 Å². The number of carbonyl (C=O) groups is 1. The largest absolute Gasteiger partial charge is 0.376 e. The van der Waals surface area contributed by atoms with Crippen molar-refractivity contribution >= 4 is 11.7 Å². The Hall–Kier alpha value is -1.73. The molecule has 130 valence electrons. The van der Waals surface area contributed by atoms with Crippen LogP contribution in [0.4, 0.5) is 5.82 Å². The maximum atomic E-state index is 12.2. The maximum absolute atomic E-state index is 12.2. The number of hydrogen-bond acceptors (Lipinski definition) is 6. The fourth-order valence-corrected chi connectivity index (χ4v) is 3.56. The summed E-state index contributed by atoms with van der Waals surface area (Å²) in [5, 5.41) is 9.75. The minimum Gasteiger partial charge on any atom is -0.376 e. The van der Waals surface area contributed by atoms with Gasteiger partial charge in [-0.2, -0.15) is 0 Å². The van der Waals surface area contributed by atoms with Gasteiger partial charge in [0.25, 0.3) is 5.91 Å². The highest BCUT2D eigenvalue weighted by Gasteiger charge is 2.34. The quantitative estimate of drug-likeness (QED) is 0.740. The molecule has 2 aliphatic heterocycles. The van der Waals surface area contributed by atoms with Gasteiger partial charge in [-0.15, -0.1) is 0 Å². The van der Waals surface area contributed by atoms with Gasteiger partial charge in [-0.3, -0.25) is 4.79 Å². The normalized spacial score (nSPS) is 22.6. The van der Waals surface area contributed by atoms with Crippen molar-refractivity contribution in [2.45, 2.75) is 43.6 Å². The highest BCUT2D eigenvalue weighted by molar-refractivity contribution is 5.96. The molecule has 0 atom stereocenters. The van der Waals surface area contributed by atoms with Crippen LogP contribution >= 0.6 is 0 Å². The van der Waals surface area contributed by atoms with Crippen molar-refractivity contribution in [3.63, 3.8) is 0 Å². The number of anilines is 1. The first-order chi connectivity index (χ1) is 11.7. The third kappa shape index (κ3) is 2.98. The fraction of sp³-hybridized carbons (Fsp3) is 0.706. The average Bonchev–Trinajstić information content (AvgIpc) is 3.46. The van der Waals surface area contributed by atoms with Crippen LogP contribution in [0, 0.1) is 0 Å². The topological polar surface area (TPSA) is 88.2 Å². The monoisotopic (exact) mass is 331 g/mol. The number of rotatable bonds is 5. The van der Waals surface area contributed by atoms with Gasteiger partial charge >= 0.3 is 0 Å². The molecule has 0 bridgehead atoms. The molecule has 7 nitrogen and oxygen atoms in total. The van der Waals surface area contributed by atoms with Crippen molar-refractivity contribution in [1.82, 2.24) is 20.6 Å². The molecule has 0 spiro atoms. The molecule has 1 aliphatic carbocycles. The molecule has 3 heterocycles. The Balaban J connectivity index is 1.60. The van der Waals surface area contributed by atoms with Crippen molar-refractivity contribution in [2.75, 3.05) is 38.6 Å². The second-order valence-corrected chi connectivity index (χ2v) is 7.03. The minimum absolute atomic E-state index is 0.0769. The Kier molecular flexibility index (Phi) is 4.14. The number of ether oxygens (including phenoxy) is 1. The number of nitrogens with zero attached hydrogens (tertiary/aromatic N) is 2. The van der Waals surface area contributed by atoms with Crippen LogP contribution in [0.1, 0.15) is 53.5 Å². The summed E-state index contributed by atoms with van der Waals surface area (Å²) in [6.45, 7) is 3.28. The van der Waals surface area contributed by atoms with Crippen LogP contribution < -0.4 is 16.0 Å². The standard InChI is InChI=1S/C17H25N5O2/c1-24-17(5-8-18-9-6-17)10-20-15-12-4-7-19-16(23)13(12)21-14(22-15)11-2-3-11/h11,18H,2-10H2,1H3,(H,19,23)(H,20,21,22). The molecule has 3 aliphatic rings. The van der Waals surface area contributed by atoms with Gasteiger partial charge in [-0.05, 0) is 45.2 Å². The van der Waals surface area contributed by atoms with Crippen LogP contribution in [0.2, 0.25) is 0 Å². The van der Waals surface area contributed by atoms with E-state index in [1.165, 1.54) is 0 Å². The lowest BCUT2D eigenvalue weighted by Crippen LogP contribution is -2.48. The summed E-state index contributed by atoms with van der Waals surface area (Å²) >= 11 is 0. The Morgan fingerprint density at radius 2 is 2.04 bits per heavy atom. The first kappa shape index (κ1) is 15.8. The molecule has 1 saturated carbocycles. The van der Waals surface area contributed by atoms with Crippen LogP contribution in [0.25, 0.3) is 0 Å². The summed E-state index contributed by atoms with van der Waals surface area (Å²) < 4.78 is 5.83. The van der Waals surface area contributed by atoms with E-state index in [0.29, 0.717) is 24.7 Å². The molecule has 1 aromatic heterocycles. The molecule has 0 radical (unpaired) electrons. The van der Waals surface area contributed by atoms with E-state index in [-0.39, 0.29) is 11.5 Å². The Labute approximate surface area is 142 Å². The van der Waals surface area contributed by atoms with Gasteiger partial charge in [-0.1, -0.05) is 0 Å². The summed E-state index contributed by atoms with van der Waals surface area (Å²) in [6.07, 6.45) is 4.95. The number of nitrogens with one attached hydrogen (secondary N) is 3. The molecule has 1 amide bonds. The first-order valence-corrected chi connectivity index (χ1v) is 8.89. The predicted molar refractivity (Wildman–Crippen MR) is 90.4 cm³/mol. The second kappa shape index (κ2) is 6.29. The van der Waals surface area contributed by atoms with Crippen molar-refractivity contribution < 1.29 is 9.53 Å². The fourth-order valence-electron chi connectivity index (χ4n) is 3.56. The van der Waals surface area contributed by atoms with Gasteiger partial charge in [0, 0.05) is 31.7 Å². The van der Waals surface area contributed by atoms with Gasteiger partial charge < -0.3 is 20.7 Å².